The maximum Gasteiger partial charge on any atom is 0.0441 e. The lowest BCUT2D eigenvalue weighted by Gasteiger charge is -2.21. The Morgan fingerprint density at radius 2 is 2.46 bits per heavy atom. The first-order valence-corrected chi connectivity index (χ1v) is 4.44. The van der Waals surface area contributed by atoms with Crippen molar-refractivity contribution in [2.45, 2.75) is 0 Å². The first kappa shape index (κ1) is 9.86. The number of hydrogen-bond acceptors (Lipinski definition) is 3. The van der Waals surface area contributed by atoms with Crippen LogP contribution >= 0.6 is 0 Å². The van der Waals surface area contributed by atoms with Crippen molar-refractivity contribution in [1.29, 1.82) is 0 Å². The first-order valence-electron chi connectivity index (χ1n) is 4.44. The van der Waals surface area contributed by atoms with Crippen LogP contribution in [0.3, 0.4) is 0 Å². The van der Waals surface area contributed by atoms with Crippen molar-refractivity contribution >= 4 is 0 Å². The molecule has 3 nitrogen and oxygen atoms in total. The van der Waals surface area contributed by atoms with Gasteiger partial charge in [-0.3, -0.25) is 0 Å². The Labute approximate surface area is 79.6 Å². The molecule has 3 heteroatoms. The van der Waals surface area contributed by atoms with Gasteiger partial charge < -0.3 is 16.0 Å². The molecule has 0 amide bonds. The zero-order chi connectivity index (χ0) is 9.68. The molecule has 1 heterocycles. The van der Waals surface area contributed by atoms with Crippen molar-refractivity contribution in [3.8, 4) is 0 Å². The summed E-state index contributed by atoms with van der Waals surface area (Å²) in [4.78, 5) is 2.14. The van der Waals surface area contributed by atoms with E-state index >= 15 is 0 Å². The Hall–Kier alpha value is -1.22. The van der Waals surface area contributed by atoms with E-state index in [1.54, 1.807) is 0 Å². The summed E-state index contributed by atoms with van der Waals surface area (Å²) in [7, 11) is 3.99. The smallest absolute Gasteiger partial charge is 0.0441 e. The van der Waals surface area contributed by atoms with E-state index in [9.17, 15) is 0 Å². The summed E-state index contributed by atoms with van der Waals surface area (Å²) < 4.78 is 0. The summed E-state index contributed by atoms with van der Waals surface area (Å²) >= 11 is 0. The molecule has 0 aromatic rings. The predicted molar refractivity (Wildman–Crippen MR) is 56.1 cm³/mol. The molecule has 0 atom stereocenters. The lowest BCUT2D eigenvalue weighted by Crippen LogP contribution is -2.22. The largest absolute Gasteiger partial charge is 0.388 e. The second-order valence-electron chi connectivity index (χ2n) is 3.06. The van der Waals surface area contributed by atoms with Crippen LogP contribution in [0, 0.1) is 0 Å². The van der Waals surface area contributed by atoms with Gasteiger partial charge in [-0.05, 0) is 11.6 Å². The second-order valence-corrected chi connectivity index (χ2v) is 3.06. The van der Waals surface area contributed by atoms with E-state index in [0.717, 1.165) is 6.54 Å². The molecule has 0 radical (unpaired) electrons. The number of nitrogens with zero attached hydrogens (tertiary/aromatic N) is 1. The summed E-state index contributed by atoms with van der Waals surface area (Å²) in [5, 5.41) is 3.16. The average molecular weight is 179 g/mol. The molecule has 1 aliphatic heterocycles. The van der Waals surface area contributed by atoms with Crippen LogP contribution in [0.1, 0.15) is 0 Å². The van der Waals surface area contributed by atoms with E-state index in [1.807, 2.05) is 13.1 Å². The van der Waals surface area contributed by atoms with Gasteiger partial charge in [0.05, 0.1) is 0 Å². The van der Waals surface area contributed by atoms with Crippen LogP contribution in [0.25, 0.3) is 0 Å². The zero-order valence-electron chi connectivity index (χ0n) is 8.25. The second kappa shape index (κ2) is 4.72. The molecule has 0 fully saturated rings. The maximum absolute atomic E-state index is 5.41. The molecular formula is C10H17N3. The standard InChI is InChI=1S/C10H17N3/c1-12-10-5-7-13(2)8-9(10)4-3-6-11/h3-5,7,12H,6,8,11H2,1-2H3/b4-3+. The molecule has 1 rings (SSSR count). The van der Waals surface area contributed by atoms with Gasteiger partial charge in [-0.15, -0.1) is 0 Å². The predicted octanol–water partition coefficient (Wildman–Crippen LogP) is 0.434. The van der Waals surface area contributed by atoms with Gasteiger partial charge in [0.25, 0.3) is 0 Å². The number of nitrogens with two attached hydrogens (primary N) is 1. The molecule has 0 saturated carbocycles. The van der Waals surface area contributed by atoms with Crippen LogP contribution in [-0.4, -0.2) is 32.1 Å². The van der Waals surface area contributed by atoms with E-state index in [0.29, 0.717) is 6.54 Å². The van der Waals surface area contributed by atoms with Gasteiger partial charge in [-0.2, -0.15) is 0 Å². The summed E-state index contributed by atoms with van der Waals surface area (Å²) in [6, 6.07) is 0. The van der Waals surface area contributed by atoms with Gasteiger partial charge in [-0.1, -0.05) is 12.2 Å². The van der Waals surface area contributed by atoms with Crippen LogP contribution in [0.15, 0.2) is 35.7 Å². The minimum absolute atomic E-state index is 0.591. The van der Waals surface area contributed by atoms with E-state index < -0.39 is 0 Å². The van der Waals surface area contributed by atoms with Crippen LogP contribution in [-0.2, 0) is 0 Å². The van der Waals surface area contributed by atoms with E-state index in [-0.39, 0.29) is 0 Å². The van der Waals surface area contributed by atoms with Crippen LogP contribution in [0.5, 0.6) is 0 Å². The Kier molecular flexibility index (Phi) is 3.58. The topological polar surface area (TPSA) is 41.3 Å². The molecular weight excluding hydrogens is 162 g/mol. The molecule has 0 bridgehead atoms. The highest BCUT2D eigenvalue weighted by Crippen LogP contribution is 2.12. The van der Waals surface area contributed by atoms with Gasteiger partial charge in [0.2, 0.25) is 0 Å². The number of nitrogens with one attached hydrogen (secondary N) is 1. The van der Waals surface area contributed by atoms with Crippen LogP contribution in [0.4, 0.5) is 0 Å². The minimum atomic E-state index is 0.591. The fraction of sp³-hybridized carbons (Fsp3) is 0.400. The highest BCUT2D eigenvalue weighted by molar-refractivity contribution is 5.35. The van der Waals surface area contributed by atoms with E-state index in [1.165, 1.54) is 11.3 Å². The van der Waals surface area contributed by atoms with Crippen molar-refractivity contribution < 1.29 is 0 Å². The Balaban J connectivity index is 2.79. The van der Waals surface area contributed by atoms with Crippen molar-refractivity contribution in [1.82, 2.24) is 10.2 Å². The molecule has 0 spiro atoms. The Morgan fingerprint density at radius 3 is 3.08 bits per heavy atom. The average Bonchev–Trinajstić information content (AvgIpc) is 2.15. The molecule has 0 aromatic carbocycles. The normalized spacial score (nSPS) is 17.3. The van der Waals surface area contributed by atoms with Gasteiger partial charge in [0.15, 0.2) is 0 Å². The van der Waals surface area contributed by atoms with Crippen molar-refractivity contribution in [3.63, 3.8) is 0 Å². The molecule has 1 aliphatic rings. The van der Waals surface area contributed by atoms with Gasteiger partial charge >= 0.3 is 0 Å². The molecule has 72 valence electrons. The van der Waals surface area contributed by atoms with Gasteiger partial charge in [-0.25, -0.2) is 0 Å². The fourth-order valence-corrected chi connectivity index (χ4v) is 1.31. The maximum atomic E-state index is 5.41. The summed E-state index contributed by atoms with van der Waals surface area (Å²) in [5.74, 6) is 0. The summed E-state index contributed by atoms with van der Waals surface area (Å²) in [6.45, 7) is 1.52. The van der Waals surface area contributed by atoms with Crippen molar-refractivity contribution in [2.24, 2.45) is 5.73 Å². The van der Waals surface area contributed by atoms with Crippen LogP contribution in [0.2, 0.25) is 0 Å². The lowest BCUT2D eigenvalue weighted by atomic mass is 10.1. The molecule has 0 unspecified atom stereocenters. The third-order valence-electron chi connectivity index (χ3n) is 1.99. The number of likely N-dealkylation sites (N-methyl/N-ethyl adjacent to an activating group) is 2. The number of allylic oxidation sites excluding steroid dienone is 1. The summed E-state index contributed by atoms with van der Waals surface area (Å²) in [5.41, 5.74) is 7.85. The van der Waals surface area contributed by atoms with Crippen molar-refractivity contribution in [3.05, 3.63) is 35.7 Å². The zero-order valence-corrected chi connectivity index (χ0v) is 8.25. The first-order chi connectivity index (χ1) is 6.27. The molecule has 0 aliphatic carbocycles. The van der Waals surface area contributed by atoms with E-state index in [4.69, 9.17) is 5.73 Å². The number of hydrogen-bond donors (Lipinski definition) is 2. The lowest BCUT2D eigenvalue weighted by molar-refractivity contribution is 0.489. The summed E-state index contributed by atoms with van der Waals surface area (Å²) in [6.07, 6.45) is 8.18. The molecule has 3 N–H and O–H groups in total. The van der Waals surface area contributed by atoms with Crippen molar-refractivity contribution in [2.75, 3.05) is 27.2 Å². The van der Waals surface area contributed by atoms with Crippen LogP contribution < -0.4 is 11.1 Å². The molecule has 0 saturated heterocycles. The molecule has 13 heavy (non-hydrogen) atoms. The Bertz CT molecular complexity index is 251. The third-order valence-corrected chi connectivity index (χ3v) is 1.99. The quantitative estimate of drug-likeness (QED) is 0.660. The number of rotatable bonds is 3. The highest BCUT2D eigenvalue weighted by Gasteiger charge is 2.06. The van der Waals surface area contributed by atoms with Gasteiger partial charge in [0, 0.05) is 39.1 Å². The molecule has 0 aromatic heterocycles. The van der Waals surface area contributed by atoms with E-state index in [2.05, 4.69) is 35.6 Å². The fourth-order valence-electron chi connectivity index (χ4n) is 1.31. The SMILES string of the molecule is CNC1=C(/C=C/CN)CN(C)C=C1. The van der Waals surface area contributed by atoms with Gasteiger partial charge in [0.1, 0.15) is 0 Å². The Morgan fingerprint density at radius 1 is 1.69 bits per heavy atom. The third kappa shape index (κ3) is 2.63. The minimum Gasteiger partial charge on any atom is -0.388 e. The highest BCUT2D eigenvalue weighted by atomic mass is 15.1. The monoisotopic (exact) mass is 179 g/mol.